The van der Waals surface area contributed by atoms with E-state index in [-0.39, 0.29) is 6.10 Å². The number of anilines is 2. The number of aromatic nitrogens is 4. The van der Waals surface area contributed by atoms with Gasteiger partial charge in [-0.05, 0) is 74.3 Å². The summed E-state index contributed by atoms with van der Waals surface area (Å²) in [5, 5.41) is 11.7. The van der Waals surface area contributed by atoms with Gasteiger partial charge in [0.25, 0.3) is 0 Å². The Balaban J connectivity index is 1.50. The lowest BCUT2D eigenvalue weighted by Crippen LogP contribution is -2.34. The van der Waals surface area contributed by atoms with E-state index in [9.17, 15) is 4.79 Å². The second-order valence-electron chi connectivity index (χ2n) is 8.65. The van der Waals surface area contributed by atoms with Crippen molar-refractivity contribution in [3.05, 3.63) is 60.0 Å². The fourth-order valence-electron chi connectivity index (χ4n) is 4.21. The van der Waals surface area contributed by atoms with Crippen LogP contribution >= 0.6 is 0 Å². The van der Waals surface area contributed by atoms with Crippen molar-refractivity contribution in [3.8, 4) is 16.9 Å². The molecule has 0 atom stereocenters. The third-order valence-electron chi connectivity index (χ3n) is 5.88. The predicted molar refractivity (Wildman–Crippen MR) is 131 cm³/mol. The maximum atomic E-state index is 12.0. The number of hydrogen-bond donors (Lipinski definition) is 3. The summed E-state index contributed by atoms with van der Waals surface area (Å²) in [7, 11) is 1.84. The molecule has 1 aliphatic heterocycles. The van der Waals surface area contributed by atoms with E-state index in [4.69, 9.17) is 15.5 Å². The minimum absolute atomic E-state index is 0.159. The summed E-state index contributed by atoms with van der Waals surface area (Å²) in [4.78, 5) is 21.2. The molecule has 3 heterocycles. The second-order valence-corrected chi connectivity index (χ2v) is 8.65. The molecular formula is C25H27N7O2. The molecule has 0 spiro atoms. The molecule has 0 radical (unpaired) electrons. The van der Waals surface area contributed by atoms with Crippen LogP contribution in [0.1, 0.15) is 28.8 Å². The van der Waals surface area contributed by atoms with Gasteiger partial charge in [0.2, 0.25) is 11.9 Å². The normalized spacial score (nSPS) is 14.3. The molecule has 5 rings (SSSR count). The molecule has 4 aromatic rings. The van der Waals surface area contributed by atoms with Crippen LogP contribution in [0.2, 0.25) is 0 Å². The number of fused-ring (bicyclic) bond motifs is 1. The molecule has 9 nitrogen and oxygen atoms in total. The van der Waals surface area contributed by atoms with Gasteiger partial charge in [-0.1, -0.05) is 0 Å². The predicted octanol–water partition coefficient (Wildman–Crippen LogP) is 3.31. The number of carbonyl (C=O) groups excluding carboxylic acids is 1. The van der Waals surface area contributed by atoms with Gasteiger partial charge in [0.15, 0.2) is 0 Å². The summed E-state index contributed by atoms with van der Waals surface area (Å²) >= 11 is 0. The zero-order valence-corrected chi connectivity index (χ0v) is 19.2. The number of hydrogen-bond acceptors (Lipinski definition) is 7. The van der Waals surface area contributed by atoms with Crippen molar-refractivity contribution in [2.75, 3.05) is 18.4 Å². The number of benzene rings is 2. The molecule has 9 heteroatoms. The van der Waals surface area contributed by atoms with Crippen molar-refractivity contribution in [1.82, 2.24) is 25.1 Å². The van der Waals surface area contributed by atoms with Gasteiger partial charge >= 0.3 is 0 Å². The molecule has 4 N–H and O–H groups in total. The van der Waals surface area contributed by atoms with Crippen LogP contribution in [-0.2, 0) is 7.05 Å². The fourth-order valence-corrected chi connectivity index (χ4v) is 4.21. The zero-order chi connectivity index (χ0) is 23.7. The molecule has 0 saturated carbocycles. The van der Waals surface area contributed by atoms with E-state index in [0.29, 0.717) is 17.2 Å². The van der Waals surface area contributed by atoms with Gasteiger partial charge in [0.1, 0.15) is 17.4 Å². The van der Waals surface area contributed by atoms with Crippen LogP contribution in [-0.4, -0.2) is 44.8 Å². The smallest absolute Gasteiger partial charge is 0.248 e. The Hall–Kier alpha value is -3.98. The highest BCUT2D eigenvalue weighted by atomic mass is 16.5. The summed E-state index contributed by atoms with van der Waals surface area (Å²) < 4.78 is 8.06. The molecule has 0 aliphatic carbocycles. The molecule has 1 aliphatic rings. The van der Waals surface area contributed by atoms with Crippen LogP contribution in [0.15, 0.2) is 48.9 Å². The van der Waals surface area contributed by atoms with Crippen molar-refractivity contribution in [2.24, 2.45) is 12.8 Å². The van der Waals surface area contributed by atoms with E-state index in [1.54, 1.807) is 29.2 Å². The quantitative estimate of drug-likeness (QED) is 0.406. The van der Waals surface area contributed by atoms with Crippen LogP contribution in [0.3, 0.4) is 0 Å². The number of nitrogens with one attached hydrogen (secondary N) is 2. The van der Waals surface area contributed by atoms with Crippen LogP contribution in [0.25, 0.3) is 22.0 Å². The average Bonchev–Trinajstić information content (AvgIpc) is 3.26. The molecule has 2 aromatic heterocycles. The number of nitrogens with two attached hydrogens (primary N) is 1. The third kappa shape index (κ3) is 4.69. The number of carbonyl (C=O) groups is 1. The van der Waals surface area contributed by atoms with E-state index >= 15 is 0 Å². The van der Waals surface area contributed by atoms with Crippen molar-refractivity contribution >= 4 is 28.4 Å². The summed E-state index contributed by atoms with van der Waals surface area (Å²) in [5.41, 5.74) is 10.2. The molecule has 1 fully saturated rings. The Morgan fingerprint density at radius 3 is 2.71 bits per heavy atom. The minimum Gasteiger partial charge on any atom is -0.488 e. The summed E-state index contributed by atoms with van der Waals surface area (Å²) in [6.07, 6.45) is 7.48. The van der Waals surface area contributed by atoms with Crippen molar-refractivity contribution < 1.29 is 9.53 Å². The molecule has 0 bridgehead atoms. The van der Waals surface area contributed by atoms with Gasteiger partial charge < -0.3 is 21.1 Å². The topological polar surface area (TPSA) is 120 Å². The van der Waals surface area contributed by atoms with Crippen LogP contribution in [0, 0.1) is 6.92 Å². The largest absolute Gasteiger partial charge is 0.488 e. The highest BCUT2D eigenvalue weighted by Gasteiger charge is 2.17. The summed E-state index contributed by atoms with van der Waals surface area (Å²) in [5.74, 6) is 0.654. The molecule has 174 valence electrons. The van der Waals surface area contributed by atoms with Gasteiger partial charge in [-0.3, -0.25) is 9.48 Å². The SMILES string of the molecule is Cc1cc(OC2CCNCC2)c2nc(Nc3cc(C(N)=O)cc(-c4cnn(C)c4)c3)ncc2c1. The minimum atomic E-state index is -0.513. The Morgan fingerprint density at radius 2 is 1.97 bits per heavy atom. The fraction of sp³-hybridized carbons (Fsp3) is 0.280. The first-order chi connectivity index (χ1) is 16.4. The highest BCUT2D eigenvalue weighted by molar-refractivity contribution is 5.95. The van der Waals surface area contributed by atoms with E-state index < -0.39 is 5.91 Å². The third-order valence-corrected chi connectivity index (χ3v) is 5.88. The molecule has 2 aromatic carbocycles. The maximum Gasteiger partial charge on any atom is 0.248 e. The Labute approximate surface area is 197 Å². The number of aryl methyl sites for hydroxylation is 2. The molecule has 34 heavy (non-hydrogen) atoms. The first-order valence-electron chi connectivity index (χ1n) is 11.3. The van der Waals surface area contributed by atoms with Crippen LogP contribution in [0.5, 0.6) is 5.75 Å². The number of amides is 1. The monoisotopic (exact) mass is 457 g/mol. The summed E-state index contributed by atoms with van der Waals surface area (Å²) in [6.45, 7) is 3.94. The van der Waals surface area contributed by atoms with Gasteiger partial charge in [0.05, 0.1) is 6.20 Å². The molecule has 1 amide bonds. The van der Waals surface area contributed by atoms with Gasteiger partial charge in [0, 0.05) is 41.6 Å². The standard InChI is InChI=1S/C25H27N7O2/c1-15-7-18-12-28-25(31-23(18)22(8-15)34-21-3-5-27-6-4-21)30-20-10-16(9-17(11-20)24(26)33)19-13-29-32(2)14-19/h7-14,21,27H,3-6H2,1-2H3,(H2,26,33)(H,28,30,31). The first-order valence-corrected chi connectivity index (χ1v) is 11.3. The maximum absolute atomic E-state index is 12.0. The Morgan fingerprint density at radius 1 is 1.15 bits per heavy atom. The van der Waals surface area contributed by atoms with Gasteiger partial charge in [-0.25, -0.2) is 9.97 Å². The molecular weight excluding hydrogens is 430 g/mol. The van der Waals surface area contributed by atoms with Crippen molar-refractivity contribution in [3.63, 3.8) is 0 Å². The lowest BCUT2D eigenvalue weighted by atomic mass is 10.0. The van der Waals surface area contributed by atoms with Crippen molar-refractivity contribution in [1.29, 1.82) is 0 Å². The highest BCUT2D eigenvalue weighted by Crippen LogP contribution is 2.30. The second kappa shape index (κ2) is 9.11. The number of primary amides is 1. The number of rotatable bonds is 6. The van der Waals surface area contributed by atoms with Crippen molar-refractivity contribution in [2.45, 2.75) is 25.9 Å². The van der Waals surface area contributed by atoms with Crippen LogP contribution in [0.4, 0.5) is 11.6 Å². The Bertz CT molecular complexity index is 1360. The zero-order valence-electron chi connectivity index (χ0n) is 19.2. The lowest BCUT2D eigenvalue weighted by Gasteiger charge is -2.24. The average molecular weight is 458 g/mol. The van der Waals surface area contributed by atoms with E-state index in [1.165, 1.54) is 0 Å². The van der Waals surface area contributed by atoms with Gasteiger partial charge in [-0.15, -0.1) is 0 Å². The summed E-state index contributed by atoms with van der Waals surface area (Å²) in [6, 6.07) is 9.42. The van der Waals surface area contributed by atoms with E-state index in [1.807, 2.05) is 38.4 Å². The Kier molecular flexibility index (Phi) is 5.85. The van der Waals surface area contributed by atoms with E-state index in [2.05, 4.69) is 20.7 Å². The lowest BCUT2D eigenvalue weighted by molar-refractivity contribution is 0.100. The van der Waals surface area contributed by atoms with Gasteiger partial charge in [-0.2, -0.15) is 5.10 Å². The molecule has 1 saturated heterocycles. The number of nitrogens with zero attached hydrogens (tertiary/aromatic N) is 4. The molecule has 0 unspecified atom stereocenters. The number of piperidine rings is 1. The first kappa shape index (κ1) is 21.8. The van der Waals surface area contributed by atoms with E-state index in [0.717, 1.165) is 59.3 Å². The van der Waals surface area contributed by atoms with Crippen LogP contribution < -0.4 is 21.1 Å². The number of ether oxygens (including phenoxy) is 1.